The topological polar surface area (TPSA) is 69.6 Å². The summed E-state index contributed by atoms with van der Waals surface area (Å²) < 4.78 is 0. The van der Waals surface area contributed by atoms with Crippen LogP contribution in [0.25, 0.3) is 11.1 Å². The summed E-state index contributed by atoms with van der Waals surface area (Å²) in [6.45, 7) is 4.14. The Labute approximate surface area is 160 Å². The molecule has 2 aromatic carbocycles. The van der Waals surface area contributed by atoms with E-state index in [1.54, 1.807) is 29.2 Å². The molecule has 0 radical (unpaired) electrons. The Morgan fingerprint density at radius 1 is 1.19 bits per heavy atom. The van der Waals surface area contributed by atoms with Gasteiger partial charge >= 0.3 is 0 Å². The Balaban J connectivity index is 1.91. The number of halogens is 2. The molecule has 1 saturated heterocycles. The van der Waals surface area contributed by atoms with Gasteiger partial charge in [0.2, 0.25) is 5.91 Å². The number of phenols is 1. The smallest absolute Gasteiger partial charge is 0.254 e. The van der Waals surface area contributed by atoms with Crippen LogP contribution in [0.2, 0.25) is 10.0 Å². The number of carbonyl (C=O) groups is 2. The number of aromatic hydroxyl groups is 1. The molecule has 5 nitrogen and oxygen atoms in total. The molecule has 0 aromatic heterocycles. The highest BCUT2D eigenvalue weighted by Crippen LogP contribution is 2.39. The third-order valence-electron chi connectivity index (χ3n) is 4.15. The second-order valence-electron chi connectivity index (χ2n) is 5.95. The largest absolute Gasteiger partial charge is 0.508 e. The second kappa shape index (κ2) is 7.40. The number of rotatable bonds is 4. The van der Waals surface area contributed by atoms with Crippen molar-refractivity contribution in [3.63, 3.8) is 0 Å². The van der Waals surface area contributed by atoms with E-state index in [2.05, 4.69) is 11.9 Å². The molecule has 134 valence electrons. The lowest BCUT2D eigenvalue weighted by atomic mass is 9.96. The average molecular weight is 391 g/mol. The van der Waals surface area contributed by atoms with Crippen LogP contribution in [0.4, 0.5) is 0 Å². The number of hydrogen-bond acceptors (Lipinski definition) is 3. The van der Waals surface area contributed by atoms with Crippen molar-refractivity contribution in [1.82, 2.24) is 10.2 Å². The first-order valence-corrected chi connectivity index (χ1v) is 8.66. The monoisotopic (exact) mass is 390 g/mol. The molecule has 1 fully saturated rings. The first-order valence-electron chi connectivity index (χ1n) is 7.90. The maximum absolute atomic E-state index is 12.9. The number of carbonyl (C=O) groups excluding carboxylic acids is 2. The Bertz CT molecular complexity index is 892. The zero-order valence-electron chi connectivity index (χ0n) is 13.7. The van der Waals surface area contributed by atoms with Gasteiger partial charge in [0.15, 0.2) is 0 Å². The van der Waals surface area contributed by atoms with Gasteiger partial charge in [-0.3, -0.25) is 9.59 Å². The molecule has 0 unspecified atom stereocenters. The van der Waals surface area contributed by atoms with Gasteiger partial charge in [0.1, 0.15) is 5.75 Å². The fraction of sp³-hybridized carbons (Fsp3) is 0.158. The second-order valence-corrected chi connectivity index (χ2v) is 6.76. The molecule has 3 rings (SSSR count). The van der Waals surface area contributed by atoms with Gasteiger partial charge in [-0.1, -0.05) is 48.0 Å². The fourth-order valence-electron chi connectivity index (χ4n) is 2.86. The molecular weight excluding hydrogens is 375 g/mol. The molecule has 7 heteroatoms. The number of amides is 2. The highest BCUT2D eigenvalue weighted by atomic mass is 35.5. The lowest BCUT2D eigenvalue weighted by Gasteiger charge is -2.39. The Morgan fingerprint density at radius 3 is 2.54 bits per heavy atom. The first-order chi connectivity index (χ1) is 12.4. The van der Waals surface area contributed by atoms with Crippen molar-refractivity contribution in [1.29, 1.82) is 0 Å². The Morgan fingerprint density at radius 2 is 1.88 bits per heavy atom. The number of phenolic OH excluding ortho intramolecular Hbond substituents is 1. The molecule has 0 bridgehead atoms. The van der Waals surface area contributed by atoms with Crippen LogP contribution in [0.3, 0.4) is 0 Å². The number of hydrogen-bond donors (Lipinski definition) is 2. The molecule has 1 aliphatic heterocycles. The van der Waals surface area contributed by atoms with Crippen LogP contribution < -0.4 is 5.32 Å². The third-order valence-corrected chi connectivity index (χ3v) is 4.78. The minimum absolute atomic E-state index is 0.105. The molecule has 0 aliphatic carbocycles. The zero-order chi connectivity index (χ0) is 18.8. The van der Waals surface area contributed by atoms with Crippen LogP contribution in [-0.4, -0.2) is 41.0 Å². The van der Waals surface area contributed by atoms with Gasteiger partial charge in [-0.25, -0.2) is 0 Å². The molecule has 2 amide bonds. The zero-order valence-corrected chi connectivity index (χ0v) is 15.2. The van der Waals surface area contributed by atoms with Crippen LogP contribution in [0.15, 0.2) is 49.1 Å². The van der Waals surface area contributed by atoms with Gasteiger partial charge in [-0.05, 0) is 24.3 Å². The Hall–Kier alpha value is -2.50. The van der Waals surface area contributed by atoms with E-state index in [1.165, 1.54) is 18.2 Å². The van der Waals surface area contributed by atoms with Crippen molar-refractivity contribution in [2.45, 2.75) is 6.04 Å². The van der Waals surface area contributed by atoms with Crippen molar-refractivity contribution in [3.8, 4) is 16.9 Å². The standard InChI is InChI=1S/C19H16Cl2N2O3/c1-2-17(25)22-11-9-23(10-11)19(26)14-7-12(24)8-16(21)18(14)13-5-3-4-6-15(13)20/h2-8,11,24H,1,9-10H2,(H,22,25). The molecule has 26 heavy (non-hydrogen) atoms. The number of benzene rings is 2. The van der Waals surface area contributed by atoms with E-state index < -0.39 is 0 Å². The average Bonchev–Trinajstić information content (AvgIpc) is 2.57. The van der Waals surface area contributed by atoms with Gasteiger partial charge in [0.25, 0.3) is 5.91 Å². The molecular formula is C19H16Cl2N2O3. The fourth-order valence-corrected chi connectivity index (χ4v) is 3.41. The van der Waals surface area contributed by atoms with E-state index >= 15 is 0 Å². The molecule has 2 N–H and O–H groups in total. The van der Waals surface area contributed by atoms with E-state index in [0.717, 1.165) is 0 Å². The van der Waals surface area contributed by atoms with E-state index in [0.29, 0.717) is 29.2 Å². The molecule has 1 aliphatic rings. The predicted molar refractivity (Wildman–Crippen MR) is 102 cm³/mol. The van der Waals surface area contributed by atoms with E-state index in [-0.39, 0.29) is 34.2 Å². The molecule has 2 aromatic rings. The van der Waals surface area contributed by atoms with Crippen molar-refractivity contribution in [3.05, 3.63) is 64.7 Å². The number of nitrogens with one attached hydrogen (secondary N) is 1. The minimum Gasteiger partial charge on any atom is -0.508 e. The van der Waals surface area contributed by atoms with Crippen molar-refractivity contribution in [2.24, 2.45) is 0 Å². The van der Waals surface area contributed by atoms with Crippen LogP contribution in [0.5, 0.6) is 5.75 Å². The first kappa shape index (κ1) is 18.3. The van der Waals surface area contributed by atoms with Crippen molar-refractivity contribution in [2.75, 3.05) is 13.1 Å². The molecule has 0 atom stereocenters. The van der Waals surface area contributed by atoms with Crippen molar-refractivity contribution >= 4 is 35.0 Å². The molecule has 0 saturated carbocycles. The SMILES string of the molecule is C=CC(=O)NC1CN(C(=O)c2cc(O)cc(Cl)c2-c2ccccc2Cl)C1. The predicted octanol–water partition coefficient (Wildman–Crippen LogP) is 3.49. The summed E-state index contributed by atoms with van der Waals surface area (Å²) in [6, 6.07) is 9.68. The summed E-state index contributed by atoms with van der Waals surface area (Å²) in [4.78, 5) is 25.8. The van der Waals surface area contributed by atoms with Crippen LogP contribution in [0, 0.1) is 0 Å². The summed E-state index contributed by atoms with van der Waals surface area (Å²) in [5.74, 6) is -0.674. The van der Waals surface area contributed by atoms with Gasteiger partial charge in [-0.2, -0.15) is 0 Å². The van der Waals surface area contributed by atoms with Gasteiger partial charge in [0, 0.05) is 29.2 Å². The summed E-state index contributed by atoms with van der Waals surface area (Å²) in [5, 5.41) is 13.3. The summed E-state index contributed by atoms with van der Waals surface area (Å²) in [5.41, 5.74) is 1.34. The van der Waals surface area contributed by atoms with Crippen LogP contribution >= 0.6 is 23.2 Å². The Kier molecular flexibility index (Phi) is 5.20. The number of likely N-dealkylation sites (tertiary alicyclic amines) is 1. The quantitative estimate of drug-likeness (QED) is 0.784. The minimum atomic E-state index is -0.290. The van der Waals surface area contributed by atoms with Crippen LogP contribution in [0.1, 0.15) is 10.4 Å². The third kappa shape index (κ3) is 3.54. The van der Waals surface area contributed by atoms with Crippen LogP contribution in [-0.2, 0) is 4.79 Å². The maximum Gasteiger partial charge on any atom is 0.254 e. The highest BCUT2D eigenvalue weighted by molar-refractivity contribution is 6.37. The lowest BCUT2D eigenvalue weighted by Crippen LogP contribution is -2.60. The summed E-state index contributed by atoms with van der Waals surface area (Å²) in [6.07, 6.45) is 1.19. The normalized spacial score (nSPS) is 13.8. The summed E-state index contributed by atoms with van der Waals surface area (Å²) in [7, 11) is 0. The maximum atomic E-state index is 12.9. The van der Waals surface area contributed by atoms with E-state index in [9.17, 15) is 14.7 Å². The molecule has 1 heterocycles. The highest BCUT2D eigenvalue weighted by Gasteiger charge is 2.33. The van der Waals surface area contributed by atoms with Gasteiger partial charge in [-0.15, -0.1) is 0 Å². The van der Waals surface area contributed by atoms with Gasteiger partial charge in [0.05, 0.1) is 16.6 Å². The van der Waals surface area contributed by atoms with Gasteiger partial charge < -0.3 is 15.3 Å². The summed E-state index contributed by atoms with van der Waals surface area (Å²) >= 11 is 12.6. The number of nitrogens with zero attached hydrogens (tertiary/aromatic N) is 1. The lowest BCUT2D eigenvalue weighted by molar-refractivity contribution is -0.118. The van der Waals surface area contributed by atoms with Crippen molar-refractivity contribution < 1.29 is 14.7 Å². The molecule has 0 spiro atoms. The van der Waals surface area contributed by atoms with E-state index in [4.69, 9.17) is 23.2 Å². The van der Waals surface area contributed by atoms with E-state index in [1.807, 2.05) is 0 Å².